The van der Waals surface area contributed by atoms with Crippen LogP contribution in [-0.4, -0.2) is 29.4 Å². The number of alkyl halides is 3. The van der Waals surface area contributed by atoms with Gasteiger partial charge in [-0.2, -0.15) is 13.2 Å². The van der Waals surface area contributed by atoms with Crippen LogP contribution in [0.1, 0.15) is 16.1 Å². The Kier molecular flexibility index (Phi) is 3.51. The molecule has 0 spiro atoms. The lowest BCUT2D eigenvalue weighted by atomic mass is 10.2. The van der Waals surface area contributed by atoms with Gasteiger partial charge >= 0.3 is 6.18 Å². The third-order valence-electron chi connectivity index (χ3n) is 1.99. The smallest absolute Gasteiger partial charge is 0.340 e. The Bertz CT molecular complexity index is 390. The lowest BCUT2D eigenvalue weighted by Crippen LogP contribution is -2.27. The first-order valence-corrected chi connectivity index (χ1v) is 4.44. The number of amides is 1. The van der Waals surface area contributed by atoms with E-state index in [0.29, 0.717) is 0 Å². The quantitative estimate of drug-likeness (QED) is 0.780. The van der Waals surface area contributed by atoms with Crippen molar-refractivity contribution in [3.63, 3.8) is 0 Å². The van der Waals surface area contributed by atoms with Crippen LogP contribution in [0.15, 0.2) is 18.3 Å². The number of carbonyl (C=O) groups is 1. The molecular weight excluding hydrogens is 221 g/mol. The lowest BCUT2D eigenvalue weighted by molar-refractivity contribution is -0.137. The Hall–Kier alpha value is -1.59. The van der Waals surface area contributed by atoms with Crippen LogP contribution in [0.5, 0.6) is 0 Å². The molecule has 16 heavy (non-hydrogen) atoms. The van der Waals surface area contributed by atoms with E-state index in [9.17, 15) is 18.0 Å². The van der Waals surface area contributed by atoms with E-state index < -0.39 is 17.6 Å². The third kappa shape index (κ3) is 2.71. The highest BCUT2D eigenvalue weighted by Crippen LogP contribution is 2.29. The minimum Gasteiger partial charge on any atom is -0.340 e. The van der Waals surface area contributed by atoms with Crippen molar-refractivity contribution < 1.29 is 18.0 Å². The van der Waals surface area contributed by atoms with Gasteiger partial charge in [-0.25, -0.2) is 0 Å². The highest BCUT2D eigenvalue weighted by Gasteiger charge is 2.31. The Morgan fingerprint density at radius 1 is 1.56 bits per heavy atom. The molecule has 1 heterocycles. The molecule has 0 unspecified atom stereocenters. The second kappa shape index (κ2) is 4.51. The van der Waals surface area contributed by atoms with Crippen molar-refractivity contribution in [2.45, 2.75) is 6.18 Å². The molecule has 0 atom stereocenters. The summed E-state index contributed by atoms with van der Waals surface area (Å²) in [5.41, 5.74) is -1.12. The number of aromatic nitrogens is 1. The molecule has 0 aromatic carbocycles. The fraction of sp³-hybridized carbons (Fsp3) is 0.300. The van der Waals surface area contributed by atoms with Crippen molar-refractivity contribution >= 4 is 5.91 Å². The lowest BCUT2D eigenvalue weighted by Gasteiger charge is -2.14. The van der Waals surface area contributed by atoms with Gasteiger partial charge in [-0.3, -0.25) is 9.78 Å². The van der Waals surface area contributed by atoms with Crippen molar-refractivity contribution in [3.05, 3.63) is 36.5 Å². The van der Waals surface area contributed by atoms with E-state index in [1.807, 2.05) is 0 Å². The van der Waals surface area contributed by atoms with Gasteiger partial charge in [-0.1, -0.05) is 0 Å². The van der Waals surface area contributed by atoms with E-state index in [1.54, 1.807) is 0 Å². The van der Waals surface area contributed by atoms with Crippen LogP contribution < -0.4 is 0 Å². The monoisotopic (exact) mass is 231 g/mol. The first-order valence-electron chi connectivity index (χ1n) is 4.44. The van der Waals surface area contributed by atoms with Gasteiger partial charge in [0.25, 0.3) is 5.91 Å². The van der Waals surface area contributed by atoms with Gasteiger partial charge in [0.05, 0.1) is 5.56 Å². The number of rotatable bonds is 2. The largest absolute Gasteiger partial charge is 0.416 e. The summed E-state index contributed by atoms with van der Waals surface area (Å²) in [5, 5.41) is 0. The maximum absolute atomic E-state index is 12.3. The summed E-state index contributed by atoms with van der Waals surface area (Å²) in [6.07, 6.45) is -3.51. The maximum Gasteiger partial charge on any atom is 0.416 e. The van der Waals surface area contributed by atoms with Crippen LogP contribution in [-0.2, 0) is 6.18 Å². The standard InChI is InChI=1S/C10H10F3N2O/c1-3-15(2)9(16)8-6-7(4-5-14-8)10(11,12)13/h4-6H,1,3H2,2H3. The molecule has 3 nitrogen and oxygen atoms in total. The van der Waals surface area contributed by atoms with Crippen LogP contribution in [0, 0.1) is 6.92 Å². The van der Waals surface area contributed by atoms with Crippen molar-refractivity contribution in [1.82, 2.24) is 9.88 Å². The zero-order valence-electron chi connectivity index (χ0n) is 8.58. The van der Waals surface area contributed by atoms with Crippen molar-refractivity contribution in [1.29, 1.82) is 0 Å². The van der Waals surface area contributed by atoms with Crippen molar-refractivity contribution in [2.75, 3.05) is 13.6 Å². The third-order valence-corrected chi connectivity index (χ3v) is 1.99. The van der Waals surface area contributed by atoms with Crippen molar-refractivity contribution in [3.8, 4) is 0 Å². The summed E-state index contributed by atoms with van der Waals surface area (Å²) in [5.74, 6) is -0.582. The molecule has 0 saturated heterocycles. The summed E-state index contributed by atoms with van der Waals surface area (Å²) in [7, 11) is 1.44. The van der Waals surface area contributed by atoms with Gasteiger partial charge in [0.1, 0.15) is 5.69 Å². The molecule has 0 aliphatic carbocycles. The molecule has 1 aromatic heterocycles. The zero-order valence-corrected chi connectivity index (χ0v) is 8.58. The van der Waals surface area contributed by atoms with Crippen LogP contribution in [0.25, 0.3) is 0 Å². The van der Waals surface area contributed by atoms with Crippen LogP contribution >= 0.6 is 0 Å². The Labute approximate surface area is 90.9 Å². The molecule has 87 valence electrons. The second-order valence-corrected chi connectivity index (χ2v) is 3.15. The number of hydrogen-bond acceptors (Lipinski definition) is 2. The average Bonchev–Trinajstić information content (AvgIpc) is 2.26. The molecule has 0 N–H and O–H groups in total. The molecule has 0 aliphatic rings. The van der Waals surface area contributed by atoms with Gasteiger partial charge < -0.3 is 4.90 Å². The van der Waals surface area contributed by atoms with E-state index >= 15 is 0 Å². The molecule has 0 saturated carbocycles. The zero-order chi connectivity index (χ0) is 12.3. The average molecular weight is 231 g/mol. The van der Waals surface area contributed by atoms with E-state index in [4.69, 9.17) is 0 Å². The number of nitrogens with zero attached hydrogens (tertiary/aromatic N) is 2. The van der Waals surface area contributed by atoms with Crippen LogP contribution in [0.2, 0.25) is 0 Å². The molecule has 6 heteroatoms. The fourth-order valence-corrected chi connectivity index (χ4v) is 1.02. The number of pyridine rings is 1. The normalized spacial score (nSPS) is 11.3. The van der Waals surface area contributed by atoms with Crippen LogP contribution in [0.4, 0.5) is 13.2 Å². The van der Waals surface area contributed by atoms with Gasteiger partial charge in [0, 0.05) is 19.8 Å². The Morgan fingerprint density at radius 2 is 2.19 bits per heavy atom. The molecule has 1 amide bonds. The van der Waals surface area contributed by atoms with E-state index in [0.717, 1.165) is 18.3 Å². The number of halogens is 3. The maximum atomic E-state index is 12.3. The van der Waals surface area contributed by atoms with Crippen LogP contribution in [0.3, 0.4) is 0 Å². The topological polar surface area (TPSA) is 33.2 Å². The minimum atomic E-state index is -4.47. The molecule has 0 bridgehead atoms. The molecule has 1 rings (SSSR count). The van der Waals surface area contributed by atoms with E-state index in [2.05, 4.69) is 11.9 Å². The SMILES string of the molecule is [CH2]CN(C)C(=O)c1cc(C(F)(F)F)ccn1. The van der Waals surface area contributed by atoms with E-state index in [-0.39, 0.29) is 12.2 Å². The minimum absolute atomic E-state index is 0.163. The van der Waals surface area contributed by atoms with Gasteiger partial charge in [-0.05, 0) is 19.1 Å². The second-order valence-electron chi connectivity index (χ2n) is 3.15. The van der Waals surface area contributed by atoms with E-state index in [1.165, 1.54) is 11.9 Å². The summed E-state index contributed by atoms with van der Waals surface area (Å²) in [6.45, 7) is 3.62. The van der Waals surface area contributed by atoms with Gasteiger partial charge in [0.2, 0.25) is 0 Å². The predicted molar refractivity (Wildman–Crippen MR) is 51.6 cm³/mol. The highest BCUT2D eigenvalue weighted by atomic mass is 19.4. The Morgan fingerprint density at radius 3 is 2.69 bits per heavy atom. The summed E-state index contributed by atoms with van der Waals surface area (Å²) >= 11 is 0. The number of hydrogen-bond donors (Lipinski definition) is 0. The van der Waals surface area contributed by atoms with Crippen molar-refractivity contribution in [2.24, 2.45) is 0 Å². The van der Waals surface area contributed by atoms with Gasteiger partial charge in [-0.15, -0.1) is 0 Å². The highest BCUT2D eigenvalue weighted by molar-refractivity contribution is 5.92. The Balaban J connectivity index is 3.04. The summed E-state index contributed by atoms with van der Waals surface area (Å²) < 4.78 is 37.0. The molecule has 0 fully saturated rings. The first-order chi connectivity index (χ1) is 7.36. The molecule has 1 aromatic rings. The molecule has 0 aliphatic heterocycles. The van der Waals surface area contributed by atoms with Gasteiger partial charge in [0.15, 0.2) is 0 Å². The summed E-state index contributed by atoms with van der Waals surface area (Å²) in [4.78, 5) is 16.3. The first kappa shape index (κ1) is 12.5. The number of carbonyl (C=O) groups excluding carboxylic acids is 1. The predicted octanol–water partition coefficient (Wildman–Crippen LogP) is 2.01. The fourth-order valence-electron chi connectivity index (χ4n) is 1.02. The molecular formula is C10H10F3N2O. The molecule has 1 radical (unpaired) electrons. The summed E-state index contributed by atoms with van der Waals surface area (Å²) in [6, 6.07) is 1.55.